The zero-order valence-corrected chi connectivity index (χ0v) is 16.0. The Hall–Kier alpha value is -1.98. The number of carbonyl (C=O) groups is 1. The maximum atomic E-state index is 13.0. The van der Waals surface area contributed by atoms with Gasteiger partial charge < -0.3 is 5.32 Å². The van der Waals surface area contributed by atoms with E-state index in [9.17, 15) is 17.6 Å². The number of carbonyl (C=O) groups excluding carboxylic acids is 1. The Bertz CT molecular complexity index is 839. The standard InChI is InChI=1S/C15H20FN5O3S2/c1-11-18-15(20-19-11)25-8-7-17-14(22)10-21(26(2,23)24)9-12-3-5-13(16)6-4-12/h3-6H,7-10H2,1-2H3,(H,17,22)(H,18,19,20). The van der Waals surface area contributed by atoms with E-state index in [4.69, 9.17) is 0 Å². The van der Waals surface area contributed by atoms with Crippen molar-refractivity contribution in [2.75, 3.05) is 25.1 Å². The van der Waals surface area contributed by atoms with Crippen molar-refractivity contribution in [3.8, 4) is 0 Å². The van der Waals surface area contributed by atoms with Crippen LogP contribution in [0.4, 0.5) is 4.39 Å². The molecule has 26 heavy (non-hydrogen) atoms. The molecule has 0 radical (unpaired) electrons. The largest absolute Gasteiger partial charge is 0.354 e. The molecule has 0 fully saturated rings. The monoisotopic (exact) mass is 401 g/mol. The molecule has 142 valence electrons. The molecule has 0 saturated carbocycles. The number of aromatic nitrogens is 3. The van der Waals surface area contributed by atoms with Crippen LogP contribution in [0.15, 0.2) is 29.4 Å². The molecule has 0 aliphatic heterocycles. The minimum atomic E-state index is -3.59. The van der Waals surface area contributed by atoms with E-state index in [-0.39, 0.29) is 13.1 Å². The Morgan fingerprint density at radius 1 is 1.35 bits per heavy atom. The molecule has 1 aromatic carbocycles. The van der Waals surface area contributed by atoms with Gasteiger partial charge in [0.05, 0.1) is 12.8 Å². The Morgan fingerprint density at radius 3 is 2.62 bits per heavy atom. The van der Waals surface area contributed by atoms with Gasteiger partial charge in [-0.3, -0.25) is 9.89 Å². The summed E-state index contributed by atoms with van der Waals surface area (Å²) < 4.78 is 37.8. The smallest absolute Gasteiger partial charge is 0.235 e. The number of nitrogens with one attached hydrogen (secondary N) is 2. The van der Waals surface area contributed by atoms with E-state index >= 15 is 0 Å². The fourth-order valence-electron chi connectivity index (χ4n) is 2.02. The molecule has 11 heteroatoms. The predicted molar refractivity (Wildman–Crippen MR) is 96.5 cm³/mol. The number of sulfonamides is 1. The highest BCUT2D eigenvalue weighted by molar-refractivity contribution is 7.99. The summed E-state index contributed by atoms with van der Waals surface area (Å²) in [6, 6.07) is 5.47. The fourth-order valence-corrected chi connectivity index (χ4v) is 3.45. The van der Waals surface area contributed by atoms with Crippen molar-refractivity contribution in [2.24, 2.45) is 0 Å². The minimum Gasteiger partial charge on any atom is -0.354 e. The quantitative estimate of drug-likeness (QED) is 0.478. The molecule has 2 aromatic rings. The molecule has 0 bridgehead atoms. The number of hydrogen-bond donors (Lipinski definition) is 2. The highest BCUT2D eigenvalue weighted by Gasteiger charge is 2.20. The maximum Gasteiger partial charge on any atom is 0.235 e. The first-order valence-corrected chi connectivity index (χ1v) is 10.6. The third kappa shape index (κ3) is 6.73. The van der Waals surface area contributed by atoms with Gasteiger partial charge in [-0.1, -0.05) is 23.9 Å². The maximum absolute atomic E-state index is 13.0. The van der Waals surface area contributed by atoms with Gasteiger partial charge in [-0.05, 0) is 24.6 Å². The second-order valence-electron chi connectivity index (χ2n) is 5.56. The van der Waals surface area contributed by atoms with E-state index in [0.29, 0.717) is 28.8 Å². The second kappa shape index (κ2) is 9.10. The van der Waals surface area contributed by atoms with Crippen LogP contribution in [0, 0.1) is 12.7 Å². The topological polar surface area (TPSA) is 108 Å². The lowest BCUT2D eigenvalue weighted by atomic mass is 10.2. The van der Waals surface area contributed by atoms with E-state index < -0.39 is 21.7 Å². The summed E-state index contributed by atoms with van der Waals surface area (Å²) in [4.78, 5) is 16.2. The van der Waals surface area contributed by atoms with Crippen LogP contribution in [0.25, 0.3) is 0 Å². The summed E-state index contributed by atoms with van der Waals surface area (Å²) in [6.45, 7) is 1.84. The van der Waals surface area contributed by atoms with Crippen LogP contribution < -0.4 is 5.32 Å². The molecule has 1 heterocycles. The summed E-state index contributed by atoms with van der Waals surface area (Å²) in [5, 5.41) is 9.94. The third-order valence-electron chi connectivity index (χ3n) is 3.29. The number of halogens is 1. The van der Waals surface area contributed by atoms with Crippen LogP contribution in [-0.4, -0.2) is 58.9 Å². The lowest BCUT2D eigenvalue weighted by molar-refractivity contribution is -0.121. The number of rotatable bonds is 9. The zero-order valence-electron chi connectivity index (χ0n) is 14.4. The van der Waals surface area contributed by atoms with Gasteiger partial charge in [0.1, 0.15) is 11.6 Å². The first kappa shape index (κ1) is 20.3. The highest BCUT2D eigenvalue weighted by Crippen LogP contribution is 2.11. The molecule has 1 aromatic heterocycles. The van der Waals surface area contributed by atoms with Gasteiger partial charge in [-0.15, -0.1) is 5.10 Å². The van der Waals surface area contributed by atoms with Crippen LogP contribution in [0.1, 0.15) is 11.4 Å². The normalized spacial score (nSPS) is 11.7. The molecule has 0 saturated heterocycles. The lowest BCUT2D eigenvalue weighted by Gasteiger charge is -2.19. The van der Waals surface area contributed by atoms with Gasteiger partial charge in [0.2, 0.25) is 21.1 Å². The number of thioether (sulfide) groups is 1. The van der Waals surface area contributed by atoms with Crippen molar-refractivity contribution in [1.29, 1.82) is 0 Å². The van der Waals surface area contributed by atoms with E-state index in [1.54, 1.807) is 6.92 Å². The molecule has 0 aliphatic rings. The summed E-state index contributed by atoms with van der Waals surface area (Å²) in [6.07, 6.45) is 1.03. The molecular weight excluding hydrogens is 381 g/mol. The summed E-state index contributed by atoms with van der Waals surface area (Å²) in [5.74, 6) is 0.446. The first-order valence-electron chi connectivity index (χ1n) is 7.72. The number of hydrogen-bond acceptors (Lipinski definition) is 6. The predicted octanol–water partition coefficient (Wildman–Crippen LogP) is 0.922. The Morgan fingerprint density at radius 2 is 2.04 bits per heavy atom. The SMILES string of the molecule is Cc1nc(SCCNC(=O)CN(Cc2ccc(F)cc2)S(C)(=O)=O)n[nH]1. The molecule has 2 rings (SSSR count). The molecule has 1 amide bonds. The zero-order chi connectivity index (χ0) is 19.2. The van der Waals surface area contributed by atoms with E-state index in [1.807, 2.05) is 0 Å². The summed E-state index contributed by atoms with van der Waals surface area (Å²) >= 11 is 1.38. The Balaban J connectivity index is 1.83. The second-order valence-corrected chi connectivity index (χ2v) is 8.60. The van der Waals surface area contributed by atoms with Crippen molar-refractivity contribution in [3.63, 3.8) is 0 Å². The average Bonchev–Trinajstić information content (AvgIpc) is 2.97. The number of nitrogens with zero attached hydrogens (tertiary/aromatic N) is 3. The van der Waals surface area contributed by atoms with Gasteiger partial charge in [0, 0.05) is 18.8 Å². The summed E-state index contributed by atoms with van der Waals surface area (Å²) in [5.41, 5.74) is 0.597. The molecule has 0 aliphatic carbocycles. The minimum absolute atomic E-state index is 0.00223. The Kier molecular flexibility index (Phi) is 7.12. The molecule has 0 spiro atoms. The van der Waals surface area contributed by atoms with Crippen molar-refractivity contribution in [1.82, 2.24) is 24.8 Å². The average molecular weight is 401 g/mol. The summed E-state index contributed by atoms with van der Waals surface area (Å²) in [7, 11) is -3.59. The first-order chi connectivity index (χ1) is 12.2. The van der Waals surface area contributed by atoms with E-state index in [2.05, 4.69) is 20.5 Å². The Labute approximate surface area is 155 Å². The molecule has 8 nitrogen and oxygen atoms in total. The van der Waals surface area contributed by atoms with Gasteiger partial charge in [-0.2, -0.15) is 4.31 Å². The fraction of sp³-hybridized carbons (Fsp3) is 0.400. The van der Waals surface area contributed by atoms with Crippen LogP contribution in [0.3, 0.4) is 0 Å². The lowest BCUT2D eigenvalue weighted by Crippen LogP contribution is -2.40. The van der Waals surface area contributed by atoms with Crippen LogP contribution >= 0.6 is 11.8 Å². The van der Waals surface area contributed by atoms with Crippen LogP contribution in [0.2, 0.25) is 0 Å². The molecule has 0 atom stereocenters. The molecular formula is C15H20FN5O3S2. The van der Waals surface area contributed by atoms with Gasteiger partial charge in [-0.25, -0.2) is 17.8 Å². The number of H-pyrrole nitrogens is 1. The number of benzene rings is 1. The van der Waals surface area contributed by atoms with E-state index in [1.165, 1.54) is 36.0 Å². The number of aryl methyl sites for hydroxylation is 1. The van der Waals surface area contributed by atoms with Crippen molar-refractivity contribution in [2.45, 2.75) is 18.6 Å². The van der Waals surface area contributed by atoms with Crippen molar-refractivity contribution >= 4 is 27.7 Å². The third-order valence-corrected chi connectivity index (χ3v) is 5.34. The van der Waals surface area contributed by atoms with Crippen molar-refractivity contribution in [3.05, 3.63) is 41.5 Å². The molecule has 0 unspecified atom stereocenters. The highest BCUT2D eigenvalue weighted by atomic mass is 32.2. The number of aromatic amines is 1. The van der Waals surface area contributed by atoms with Gasteiger partial charge >= 0.3 is 0 Å². The van der Waals surface area contributed by atoms with Gasteiger partial charge in [0.25, 0.3) is 0 Å². The van der Waals surface area contributed by atoms with Crippen molar-refractivity contribution < 1.29 is 17.6 Å². The van der Waals surface area contributed by atoms with Crippen LogP contribution in [-0.2, 0) is 21.4 Å². The molecule has 2 N–H and O–H groups in total. The number of amides is 1. The van der Waals surface area contributed by atoms with Crippen LogP contribution in [0.5, 0.6) is 0 Å². The van der Waals surface area contributed by atoms with E-state index in [0.717, 1.165) is 10.6 Å². The van der Waals surface area contributed by atoms with Gasteiger partial charge in [0.15, 0.2) is 0 Å².